The van der Waals surface area contributed by atoms with Crippen LogP contribution in [0.1, 0.15) is 35.7 Å². The molecule has 21 heavy (non-hydrogen) atoms. The molecule has 8 heteroatoms. The summed E-state index contributed by atoms with van der Waals surface area (Å²) in [6, 6.07) is 1.76. The van der Waals surface area contributed by atoms with Gasteiger partial charge in [0.25, 0.3) is 5.91 Å². The molecule has 1 amide bonds. The first-order valence-electron chi connectivity index (χ1n) is 6.37. The zero-order chi connectivity index (χ0) is 15.8. The Balaban J connectivity index is 2.36. The number of aromatic nitrogens is 4. The van der Waals surface area contributed by atoms with Gasteiger partial charge in [-0.1, -0.05) is 0 Å². The van der Waals surface area contributed by atoms with E-state index >= 15 is 0 Å². The number of esters is 1. The molecule has 0 radical (unpaired) electrons. The van der Waals surface area contributed by atoms with Gasteiger partial charge in [-0.2, -0.15) is 5.10 Å². The summed E-state index contributed by atoms with van der Waals surface area (Å²) in [5.74, 6) is -1.05. The van der Waals surface area contributed by atoms with Crippen LogP contribution in [-0.4, -0.2) is 44.3 Å². The van der Waals surface area contributed by atoms with E-state index in [1.165, 1.54) is 7.11 Å². The molecule has 0 bridgehead atoms. The molecule has 112 valence electrons. The van der Waals surface area contributed by atoms with Crippen LogP contribution in [0.15, 0.2) is 6.07 Å². The van der Waals surface area contributed by atoms with E-state index in [9.17, 15) is 9.59 Å². The molecule has 0 aliphatic rings. The van der Waals surface area contributed by atoms with Gasteiger partial charge in [-0.15, -0.1) is 10.2 Å². The minimum Gasteiger partial charge on any atom is -0.467 e. The number of carbonyl (C=O) groups is 2. The van der Waals surface area contributed by atoms with Crippen LogP contribution in [0.2, 0.25) is 0 Å². The summed E-state index contributed by atoms with van der Waals surface area (Å²) in [6.07, 6.45) is 0. The summed E-state index contributed by atoms with van der Waals surface area (Å²) >= 11 is 0. The summed E-state index contributed by atoms with van der Waals surface area (Å²) < 4.78 is 6.19. The number of fused-ring (bicyclic) bond motifs is 1. The average Bonchev–Trinajstić information content (AvgIpc) is 2.79. The van der Waals surface area contributed by atoms with E-state index in [0.29, 0.717) is 11.3 Å². The number of rotatable bonds is 3. The highest BCUT2D eigenvalue weighted by Gasteiger charge is 2.32. The Labute approximate surface area is 121 Å². The van der Waals surface area contributed by atoms with Crippen LogP contribution in [-0.2, 0) is 9.53 Å². The fourth-order valence-corrected chi connectivity index (χ4v) is 1.94. The highest BCUT2D eigenvalue weighted by Crippen LogP contribution is 2.11. The molecule has 0 saturated heterocycles. The maximum absolute atomic E-state index is 12.3. The van der Waals surface area contributed by atoms with Gasteiger partial charge in [-0.05, 0) is 27.7 Å². The lowest BCUT2D eigenvalue weighted by atomic mass is 10.1. The van der Waals surface area contributed by atoms with Crippen molar-refractivity contribution in [2.45, 2.75) is 33.2 Å². The summed E-state index contributed by atoms with van der Waals surface area (Å²) in [6.45, 7) is 6.65. The van der Waals surface area contributed by atoms with E-state index < -0.39 is 17.4 Å². The summed E-state index contributed by atoms with van der Waals surface area (Å²) in [5.41, 5.74) is 0.844. The number of hydrogen-bond donors (Lipinski definition) is 1. The van der Waals surface area contributed by atoms with Crippen molar-refractivity contribution in [1.29, 1.82) is 0 Å². The van der Waals surface area contributed by atoms with Gasteiger partial charge in [-0.3, -0.25) is 4.79 Å². The molecule has 0 aliphatic carbocycles. The van der Waals surface area contributed by atoms with Gasteiger partial charge in [0.1, 0.15) is 5.54 Å². The predicted octanol–water partition coefficient (Wildman–Crippen LogP) is 0.423. The summed E-state index contributed by atoms with van der Waals surface area (Å²) in [5, 5.41) is 14.7. The lowest BCUT2D eigenvalue weighted by molar-refractivity contribution is -0.146. The molecule has 2 rings (SSSR count). The van der Waals surface area contributed by atoms with E-state index in [1.807, 2.05) is 6.92 Å². The Kier molecular flexibility index (Phi) is 3.63. The third-order valence-corrected chi connectivity index (χ3v) is 3.06. The third-order valence-electron chi connectivity index (χ3n) is 3.06. The molecule has 0 saturated carbocycles. The molecule has 0 fully saturated rings. The maximum atomic E-state index is 12.3. The van der Waals surface area contributed by atoms with Crippen molar-refractivity contribution in [1.82, 2.24) is 25.1 Å². The molecule has 2 heterocycles. The second-order valence-corrected chi connectivity index (χ2v) is 5.26. The number of aryl methyl sites for hydroxylation is 2. The van der Waals surface area contributed by atoms with Crippen molar-refractivity contribution in [3.8, 4) is 0 Å². The first-order valence-corrected chi connectivity index (χ1v) is 6.37. The highest BCUT2D eigenvalue weighted by atomic mass is 16.5. The number of amides is 1. The molecule has 2 aromatic heterocycles. The first kappa shape index (κ1) is 14.9. The van der Waals surface area contributed by atoms with Crippen LogP contribution < -0.4 is 5.32 Å². The lowest BCUT2D eigenvalue weighted by Crippen LogP contribution is -2.50. The fourth-order valence-electron chi connectivity index (χ4n) is 1.94. The van der Waals surface area contributed by atoms with E-state index in [2.05, 4.69) is 25.3 Å². The number of nitrogens with zero attached hydrogens (tertiary/aromatic N) is 4. The summed E-state index contributed by atoms with van der Waals surface area (Å²) in [4.78, 5) is 23.9. The average molecular weight is 291 g/mol. The van der Waals surface area contributed by atoms with Crippen LogP contribution in [0.4, 0.5) is 0 Å². The van der Waals surface area contributed by atoms with Gasteiger partial charge >= 0.3 is 5.97 Å². The molecular weight excluding hydrogens is 274 g/mol. The number of methoxy groups -OCH3 is 1. The fraction of sp³-hybridized carbons (Fsp3) is 0.462. The molecule has 0 aromatic carbocycles. The zero-order valence-electron chi connectivity index (χ0n) is 12.6. The molecule has 2 aromatic rings. The molecule has 0 atom stereocenters. The standard InChI is InChI=1S/C13H17N5O3/c1-7-6-9-15-16-10(8(2)18(9)17-7)11(19)14-13(3,4)12(20)21-5/h6H,1-5H3,(H,14,19). The van der Waals surface area contributed by atoms with Crippen LogP contribution in [0.25, 0.3) is 5.65 Å². The minimum absolute atomic E-state index is 0.113. The van der Waals surface area contributed by atoms with Crippen molar-refractivity contribution in [2.75, 3.05) is 7.11 Å². The Morgan fingerprint density at radius 1 is 1.29 bits per heavy atom. The predicted molar refractivity (Wildman–Crippen MR) is 73.8 cm³/mol. The van der Waals surface area contributed by atoms with Crippen molar-refractivity contribution in [2.24, 2.45) is 0 Å². The summed E-state index contributed by atoms with van der Waals surface area (Å²) in [7, 11) is 1.26. The molecule has 0 unspecified atom stereocenters. The molecule has 1 N–H and O–H groups in total. The van der Waals surface area contributed by atoms with Crippen LogP contribution in [0, 0.1) is 13.8 Å². The van der Waals surface area contributed by atoms with Gasteiger partial charge < -0.3 is 10.1 Å². The Morgan fingerprint density at radius 3 is 2.57 bits per heavy atom. The number of nitrogens with one attached hydrogen (secondary N) is 1. The van der Waals surface area contributed by atoms with Crippen molar-refractivity contribution in [3.05, 3.63) is 23.1 Å². The van der Waals surface area contributed by atoms with Crippen molar-refractivity contribution in [3.63, 3.8) is 0 Å². The Bertz CT molecular complexity index is 720. The van der Waals surface area contributed by atoms with Gasteiger partial charge in [0.05, 0.1) is 18.5 Å². The van der Waals surface area contributed by atoms with E-state index in [-0.39, 0.29) is 5.69 Å². The smallest absolute Gasteiger partial charge is 0.330 e. The number of ether oxygens (including phenoxy) is 1. The Hall–Kier alpha value is -2.51. The quantitative estimate of drug-likeness (QED) is 0.823. The third kappa shape index (κ3) is 2.69. The first-order chi connectivity index (χ1) is 9.76. The monoisotopic (exact) mass is 291 g/mol. The largest absolute Gasteiger partial charge is 0.467 e. The molecule has 0 spiro atoms. The van der Waals surface area contributed by atoms with Gasteiger partial charge in [0.2, 0.25) is 0 Å². The van der Waals surface area contributed by atoms with Gasteiger partial charge in [-0.25, -0.2) is 9.31 Å². The van der Waals surface area contributed by atoms with Crippen molar-refractivity contribution >= 4 is 17.5 Å². The SMILES string of the molecule is COC(=O)C(C)(C)NC(=O)c1nnc2cc(C)nn2c1C. The van der Waals surface area contributed by atoms with E-state index in [4.69, 9.17) is 0 Å². The zero-order valence-corrected chi connectivity index (χ0v) is 12.6. The minimum atomic E-state index is -1.16. The van der Waals surface area contributed by atoms with Gasteiger partial charge in [0.15, 0.2) is 11.3 Å². The molecule has 8 nitrogen and oxygen atoms in total. The van der Waals surface area contributed by atoms with E-state index in [0.717, 1.165) is 5.69 Å². The number of carbonyl (C=O) groups excluding carboxylic acids is 2. The topological polar surface area (TPSA) is 98.5 Å². The van der Waals surface area contributed by atoms with Gasteiger partial charge in [0, 0.05) is 6.07 Å². The van der Waals surface area contributed by atoms with E-state index in [1.54, 1.807) is 31.4 Å². The highest BCUT2D eigenvalue weighted by molar-refractivity contribution is 5.97. The van der Waals surface area contributed by atoms with Crippen LogP contribution in [0.5, 0.6) is 0 Å². The molecular formula is C13H17N5O3. The molecule has 0 aliphatic heterocycles. The normalized spacial score (nSPS) is 11.5. The Morgan fingerprint density at radius 2 is 1.95 bits per heavy atom. The second-order valence-electron chi connectivity index (χ2n) is 5.26. The number of hydrogen-bond acceptors (Lipinski definition) is 6. The second kappa shape index (κ2) is 5.12. The maximum Gasteiger partial charge on any atom is 0.330 e. The van der Waals surface area contributed by atoms with Crippen LogP contribution in [0.3, 0.4) is 0 Å². The van der Waals surface area contributed by atoms with Crippen LogP contribution >= 0.6 is 0 Å². The van der Waals surface area contributed by atoms with Crippen molar-refractivity contribution < 1.29 is 14.3 Å². The lowest BCUT2D eigenvalue weighted by Gasteiger charge is -2.22.